The van der Waals surface area contributed by atoms with E-state index in [2.05, 4.69) is 22.9 Å². The Hall–Kier alpha value is -2.31. The fourth-order valence-corrected chi connectivity index (χ4v) is 2.65. The van der Waals surface area contributed by atoms with Crippen LogP contribution < -0.4 is 5.32 Å². The average Bonchev–Trinajstić information content (AvgIpc) is 2.51. The Labute approximate surface area is 141 Å². The van der Waals surface area contributed by atoms with Crippen LogP contribution in [0.5, 0.6) is 0 Å². The summed E-state index contributed by atoms with van der Waals surface area (Å²) in [5, 5.41) is 13.2. The van der Waals surface area contributed by atoms with Crippen molar-refractivity contribution in [3.8, 4) is 0 Å². The number of thiol groups is 1. The van der Waals surface area contributed by atoms with Gasteiger partial charge in [-0.1, -0.05) is 17.7 Å². The first-order chi connectivity index (χ1) is 11.0. The van der Waals surface area contributed by atoms with Gasteiger partial charge in [0.1, 0.15) is 5.82 Å². The van der Waals surface area contributed by atoms with Gasteiger partial charge in [0, 0.05) is 21.5 Å². The van der Waals surface area contributed by atoms with E-state index in [1.165, 1.54) is 24.4 Å². The molecule has 0 aliphatic rings. The van der Waals surface area contributed by atoms with Gasteiger partial charge in [0.2, 0.25) is 0 Å². The van der Waals surface area contributed by atoms with E-state index in [-0.39, 0.29) is 11.3 Å². The third-order valence-corrected chi connectivity index (χ3v) is 3.88. The predicted octanol–water partition coefficient (Wildman–Crippen LogP) is 4.76. The molecule has 23 heavy (non-hydrogen) atoms. The lowest BCUT2D eigenvalue weighted by molar-refractivity contribution is 0.0697. The maximum atomic E-state index is 14.1. The minimum Gasteiger partial charge on any atom is -0.478 e. The molecule has 0 spiro atoms. The third kappa shape index (κ3) is 2.95. The number of nitrogens with zero attached hydrogens (tertiary/aromatic N) is 1. The second-order valence-corrected chi connectivity index (χ2v) is 5.69. The Morgan fingerprint density at radius 1 is 1.26 bits per heavy atom. The van der Waals surface area contributed by atoms with Crippen molar-refractivity contribution in [1.29, 1.82) is 0 Å². The number of nitrogens with one attached hydrogen (secondary N) is 1. The second-order valence-electron chi connectivity index (χ2n) is 4.77. The fraction of sp³-hybridized carbons (Fsp3) is 0. The normalized spacial score (nSPS) is 10.7. The molecule has 0 aliphatic heterocycles. The van der Waals surface area contributed by atoms with E-state index in [0.29, 0.717) is 26.5 Å². The zero-order chi connectivity index (χ0) is 16.6. The van der Waals surface area contributed by atoms with E-state index in [1.807, 2.05) is 0 Å². The van der Waals surface area contributed by atoms with E-state index in [9.17, 15) is 14.3 Å². The first-order valence-electron chi connectivity index (χ1n) is 6.53. The van der Waals surface area contributed by atoms with Gasteiger partial charge in [-0.3, -0.25) is 4.98 Å². The Bertz CT molecular complexity index is 928. The summed E-state index contributed by atoms with van der Waals surface area (Å²) in [4.78, 5) is 16.0. The van der Waals surface area contributed by atoms with Crippen LogP contribution in [-0.4, -0.2) is 16.1 Å². The zero-order valence-electron chi connectivity index (χ0n) is 11.5. The molecule has 0 aliphatic carbocycles. The number of benzene rings is 2. The lowest BCUT2D eigenvalue weighted by Crippen LogP contribution is -2.05. The van der Waals surface area contributed by atoms with Crippen molar-refractivity contribution in [3.05, 3.63) is 59.0 Å². The van der Waals surface area contributed by atoms with E-state index < -0.39 is 11.8 Å². The van der Waals surface area contributed by atoms with Crippen LogP contribution in [0.25, 0.3) is 10.9 Å². The molecule has 0 radical (unpaired) electrons. The number of hydrogen-bond acceptors (Lipinski definition) is 4. The summed E-state index contributed by atoms with van der Waals surface area (Å²) in [5.41, 5.74) is 0.754. The number of fused-ring (bicyclic) bond motifs is 1. The highest BCUT2D eigenvalue weighted by Crippen LogP contribution is 2.34. The number of carboxylic acids is 1. The number of pyridine rings is 1. The largest absolute Gasteiger partial charge is 0.478 e. The maximum absolute atomic E-state index is 14.1. The number of para-hydroxylation sites is 1. The van der Waals surface area contributed by atoms with Crippen molar-refractivity contribution in [2.75, 3.05) is 5.32 Å². The van der Waals surface area contributed by atoms with E-state index in [0.717, 1.165) is 0 Å². The summed E-state index contributed by atoms with van der Waals surface area (Å²) in [6.07, 6.45) is 1.50. The number of rotatable bonds is 3. The quantitative estimate of drug-likeness (QED) is 0.597. The van der Waals surface area contributed by atoms with Gasteiger partial charge in [-0.05, 0) is 30.3 Å². The Balaban J connectivity index is 2.22. The molecule has 2 aromatic carbocycles. The van der Waals surface area contributed by atoms with E-state index >= 15 is 0 Å². The van der Waals surface area contributed by atoms with Crippen molar-refractivity contribution in [2.45, 2.75) is 4.90 Å². The van der Waals surface area contributed by atoms with Crippen molar-refractivity contribution < 1.29 is 14.3 Å². The van der Waals surface area contributed by atoms with Gasteiger partial charge in [0.15, 0.2) is 0 Å². The number of anilines is 2. The van der Waals surface area contributed by atoms with Gasteiger partial charge in [-0.15, -0.1) is 12.6 Å². The van der Waals surface area contributed by atoms with Crippen LogP contribution in [-0.2, 0) is 0 Å². The van der Waals surface area contributed by atoms with Gasteiger partial charge in [-0.25, -0.2) is 9.18 Å². The minimum absolute atomic E-state index is 0.136. The average molecular weight is 349 g/mol. The van der Waals surface area contributed by atoms with E-state index in [1.54, 1.807) is 18.2 Å². The van der Waals surface area contributed by atoms with Crippen LogP contribution >= 0.6 is 24.2 Å². The van der Waals surface area contributed by atoms with Gasteiger partial charge >= 0.3 is 5.97 Å². The van der Waals surface area contributed by atoms with Gasteiger partial charge in [0.05, 0.1) is 22.5 Å². The molecule has 4 nitrogen and oxygen atoms in total. The number of hydrogen-bond donors (Lipinski definition) is 3. The van der Waals surface area contributed by atoms with Crippen LogP contribution in [0.2, 0.25) is 5.02 Å². The number of aromatic nitrogens is 1. The molecule has 0 unspecified atom stereocenters. The molecule has 0 saturated carbocycles. The molecule has 7 heteroatoms. The molecule has 3 rings (SSSR count). The fourth-order valence-electron chi connectivity index (χ4n) is 2.24. The van der Waals surface area contributed by atoms with Crippen molar-refractivity contribution in [2.24, 2.45) is 0 Å². The summed E-state index contributed by atoms with van der Waals surface area (Å²) in [6.45, 7) is 0. The molecule has 2 N–H and O–H groups in total. The minimum atomic E-state index is -1.23. The highest BCUT2D eigenvalue weighted by Gasteiger charge is 2.17. The molecule has 116 valence electrons. The Morgan fingerprint density at radius 2 is 2.04 bits per heavy atom. The molecule has 0 bridgehead atoms. The number of carbonyl (C=O) groups is 1. The maximum Gasteiger partial charge on any atom is 0.337 e. The number of aromatic carboxylic acids is 1. The smallest absolute Gasteiger partial charge is 0.337 e. The second kappa shape index (κ2) is 6.06. The lowest BCUT2D eigenvalue weighted by Gasteiger charge is -2.14. The van der Waals surface area contributed by atoms with Crippen LogP contribution in [0.1, 0.15) is 10.4 Å². The highest BCUT2D eigenvalue weighted by molar-refractivity contribution is 7.80. The topological polar surface area (TPSA) is 62.2 Å². The van der Waals surface area contributed by atoms with Gasteiger partial charge in [-0.2, -0.15) is 0 Å². The monoisotopic (exact) mass is 348 g/mol. The standard InChI is InChI=1S/C16H10ClFN2O2S/c17-8-4-5-12-10(6-8)15(13(23)7-19-12)20-14-9(16(21)22)2-1-3-11(14)18/h1-7,23H,(H,19,20)(H,21,22). The van der Waals surface area contributed by atoms with Gasteiger partial charge in [0.25, 0.3) is 0 Å². The molecule has 1 heterocycles. The van der Waals surface area contributed by atoms with E-state index in [4.69, 9.17) is 11.6 Å². The van der Waals surface area contributed by atoms with Crippen LogP contribution in [0.3, 0.4) is 0 Å². The molecule has 0 amide bonds. The molecular formula is C16H10ClFN2O2S. The zero-order valence-corrected chi connectivity index (χ0v) is 13.2. The van der Waals surface area contributed by atoms with Crippen LogP contribution in [0.15, 0.2) is 47.5 Å². The van der Waals surface area contributed by atoms with Crippen LogP contribution in [0, 0.1) is 5.82 Å². The molecule has 0 atom stereocenters. The van der Waals surface area contributed by atoms with Crippen LogP contribution in [0.4, 0.5) is 15.8 Å². The summed E-state index contributed by atoms with van der Waals surface area (Å²) in [6, 6.07) is 8.91. The Kier molecular flexibility index (Phi) is 4.11. The molecule has 0 fully saturated rings. The summed E-state index contributed by atoms with van der Waals surface area (Å²) in [7, 11) is 0. The SMILES string of the molecule is O=C(O)c1cccc(F)c1Nc1c(S)cnc2ccc(Cl)cc12. The molecular weight excluding hydrogens is 339 g/mol. The third-order valence-electron chi connectivity index (χ3n) is 3.30. The van der Waals surface area contributed by atoms with Gasteiger partial charge < -0.3 is 10.4 Å². The predicted molar refractivity (Wildman–Crippen MR) is 90.6 cm³/mol. The number of carboxylic acid groups (broad SMARTS) is 1. The van der Waals surface area contributed by atoms with Crippen molar-refractivity contribution >= 4 is 52.5 Å². The molecule has 1 aromatic heterocycles. The number of halogens is 2. The lowest BCUT2D eigenvalue weighted by atomic mass is 10.1. The summed E-state index contributed by atoms with van der Waals surface area (Å²) in [5.74, 6) is -1.91. The van der Waals surface area contributed by atoms with Crippen molar-refractivity contribution in [3.63, 3.8) is 0 Å². The molecule has 3 aromatic rings. The molecule has 0 saturated heterocycles. The summed E-state index contributed by atoms with van der Waals surface area (Å²) >= 11 is 10.3. The first kappa shape index (κ1) is 15.6. The van der Waals surface area contributed by atoms with Crippen molar-refractivity contribution in [1.82, 2.24) is 4.98 Å². The highest BCUT2D eigenvalue weighted by atomic mass is 35.5. The Morgan fingerprint density at radius 3 is 2.78 bits per heavy atom. The first-order valence-corrected chi connectivity index (χ1v) is 7.36. The summed E-state index contributed by atoms with van der Waals surface area (Å²) < 4.78 is 14.1.